The predicted octanol–water partition coefficient (Wildman–Crippen LogP) is 3.59. The molecule has 3 rings (SSSR count). The molecule has 0 bridgehead atoms. The molecule has 0 saturated carbocycles. The van der Waals surface area contributed by atoms with Crippen LogP contribution in [0, 0.1) is 0 Å². The summed E-state index contributed by atoms with van der Waals surface area (Å²) in [5.74, 6) is 0.0649. The van der Waals surface area contributed by atoms with Gasteiger partial charge < -0.3 is 19.6 Å². The van der Waals surface area contributed by atoms with Crippen LogP contribution in [0.5, 0.6) is 11.5 Å². The molecule has 0 spiro atoms. The highest BCUT2D eigenvalue weighted by Gasteiger charge is 2.29. The number of nitrogens with one attached hydrogen (secondary N) is 1. The van der Waals surface area contributed by atoms with E-state index in [0.29, 0.717) is 16.8 Å². The SMILES string of the molecule is COc1ccc(C(O)c2c[nH]c3ncccc23)cc1OCC(F)(F)F. The molecule has 0 aliphatic heterocycles. The van der Waals surface area contributed by atoms with E-state index in [1.165, 1.54) is 19.2 Å². The van der Waals surface area contributed by atoms with Crippen LogP contribution in [0.3, 0.4) is 0 Å². The number of fused-ring (bicyclic) bond motifs is 1. The fourth-order valence-corrected chi connectivity index (χ4v) is 2.52. The third-order valence-electron chi connectivity index (χ3n) is 3.67. The van der Waals surface area contributed by atoms with E-state index >= 15 is 0 Å². The Hall–Kier alpha value is -2.74. The Morgan fingerprint density at radius 3 is 2.76 bits per heavy atom. The Morgan fingerprint density at radius 2 is 2.04 bits per heavy atom. The summed E-state index contributed by atoms with van der Waals surface area (Å²) in [6.45, 7) is -1.44. The number of rotatable bonds is 5. The van der Waals surface area contributed by atoms with Crippen LogP contribution in [0.25, 0.3) is 11.0 Å². The number of aliphatic hydroxyl groups is 1. The Bertz CT molecular complexity index is 877. The molecule has 1 unspecified atom stereocenters. The zero-order valence-electron chi connectivity index (χ0n) is 13.2. The van der Waals surface area contributed by atoms with Crippen LogP contribution in [0.1, 0.15) is 17.2 Å². The number of ether oxygens (including phenoxy) is 2. The quantitative estimate of drug-likeness (QED) is 0.736. The van der Waals surface area contributed by atoms with E-state index in [1.54, 1.807) is 30.6 Å². The molecule has 0 saturated heterocycles. The molecule has 25 heavy (non-hydrogen) atoms. The largest absolute Gasteiger partial charge is 0.493 e. The van der Waals surface area contributed by atoms with Gasteiger partial charge in [0.05, 0.1) is 7.11 Å². The van der Waals surface area contributed by atoms with Gasteiger partial charge in [-0.05, 0) is 29.8 Å². The summed E-state index contributed by atoms with van der Waals surface area (Å²) in [5, 5.41) is 11.4. The molecule has 1 atom stereocenters. The van der Waals surface area contributed by atoms with E-state index in [0.717, 1.165) is 5.39 Å². The second kappa shape index (κ2) is 6.64. The van der Waals surface area contributed by atoms with Gasteiger partial charge in [-0.2, -0.15) is 13.2 Å². The van der Waals surface area contributed by atoms with Gasteiger partial charge in [0.1, 0.15) is 11.8 Å². The van der Waals surface area contributed by atoms with Crippen molar-refractivity contribution in [2.75, 3.05) is 13.7 Å². The molecule has 5 nitrogen and oxygen atoms in total. The maximum atomic E-state index is 12.4. The van der Waals surface area contributed by atoms with Gasteiger partial charge in [0.15, 0.2) is 18.1 Å². The minimum Gasteiger partial charge on any atom is -0.493 e. The van der Waals surface area contributed by atoms with Crippen molar-refractivity contribution in [2.45, 2.75) is 12.3 Å². The Labute approximate surface area is 141 Å². The van der Waals surface area contributed by atoms with E-state index in [1.807, 2.05) is 0 Å². The van der Waals surface area contributed by atoms with E-state index in [9.17, 15) is 18.3 Å². The lowest BCUT2D eigenvalue weighted by atomic mass is 10.0. The van der Waals surface area contributed by atoms with Crippen LogP contribution in [0.4, 0.5) is 13.2 Å². The molecule has 2 heterocycles. The van der Waals surface area contributed by atoms with Crippen LogP contribution in [-0.2, 0) is 0 Å². The Morgan fingerprint density at radius 1 is 1.24 bits per heavy atom. The van der Waals surface area contributed by atoms with E-state index in [2.05, 4.69) is 9.97 Å². The van der Waals surface area contributed by atoms with Crippen molar-refractivity contribution < 1.29 is 27.8 Å². The number of halogens is 3. The normalized spacial score (nSPS) is 13.0. The number of aromatic nitrogens is 2. The summed E-state index contributed by atoms with van der Waals surface area (Å²) in [6.07, 6.45) is -2.30. The first kappa shape index (κ1) is 17.1. The summed E-state index contributed by atoms with van der Waals surface area (Å²) < 4.78 is 47.0. The van der Waals surface area contributed by atoms with Crippen molar-refractivity contribution in [3.8, 4) is 11.5 Å². The van der Waals surface area contributed by atoms with Gasteiger partial charge in [-0.15, -0.1) is 0 Å². The van der Waals surface area contributed by atoms with E-state index in [4.69, 9.17) is 9.47 Å². The fourth-order valence-electron chi connectivity index (χ4n) is 2.52. The van der Waals surface area contributed by atoms with Crippen LogP contribution in [0.2, 0.25) is 0 Å². The third-order valence-corrected chi connectivity index (χ3v) is 3.67. The Kier molecular flexibility index (Phi) is 4.54. The summed E-state index contributed by atoms with van der Waals surface area (Å²) >= 11 is 0. The number of aliphatic hydroxyl groups excluding tert-OH is 1. The topological polar surface area (TPSA) is 67.4 Å². The second-order valence-corrected chi connectivity index (χ2v) is 5.36. The summed E-state index contributed by atoms with van der Waals surface area (Å²) in [7, 11) is 1.33. The molecule has 0 radical (unpaired) electrons. The molecule has 0 amide bonds. The van der Waals surface area contributed by atoms with Crippen LogP contribution < -0.4 is 9.47 Å². The lowest BCUT2D eigenvalue weighted by Crippen LogP contribution is -2.19. The molecular formula is C17H15F3N2O3. The van der Waals surface area contributed by atoms with Gasteiger partial charge in [-0.25, -0.2) is 4.98 Å². The minimum atomic E-state index is -4.47. The predicted molar refractivity (Wildman–Crippen MR) is 84.7 cm³/mol. The minimum absolute atomic E-state index is 0.0886. The van der Waals surface area contributed by atoms with Gasteiger partial charge in [0.25, 0.3) is 0 Å². The molecule has 1 aromatic carbocycles. The highest BCUT2D eigenvalue weighted by molar-refractivity contribution is 5.80. The highest BCUT2D eigenvalue weighted by Crippen LogP contribution is 2.35. The number of methoxy groups -OCH3 is 1. The number of benzene rings is 1. The summed E-state index contributed by atoms with van der Waals surface area (Å²) in [6, 6.07) is 7.89. The number of aromatic amines is 1. The van der Waals surface area contributed by atoms with Gasteiger partial charge in [-0.1, -0.05) is 6.07 Å². The Balaban J connectivity index is 1.93. The van der Waals surface area contributed by atoms with Crippen LogP contribution in [0.15, 0.2) is 42.7 Å². The lowest BCUT2D eigenvalue weighted by molar-refractivity contribution is -0.153. The number of nitrogens with zero attached hydrogens (tertiary/aromatic N) is 1. The lowest BCUT2D eigenvalue weighted by Gasteiger charge is -2.16. The molecule has 2 aromatic heterocycles. The number of pyridine rings is 1. The number of H-pyrrole nitrogens is 1. The fraction of sp³-hybridized carbons (Fsp3) is 0.235. The summed E-state index contributed by atoms with van der Waals surface area (Å²) in [4.78, 5) is 7.09. The number of hydrogen-bond acceptors (Lipinski definition) is 4. The molecule has 8 heteroatoms. The van der Waals surface area contributed by atoms with Crippen molar-refractivity contribution >= 4 is 11.0 Å². The molecule has 0 fully saturated rings. The highest BCUT2D eigenvalue weighted by atomic mass is 19.4. The smallest absolute Gasteiger partial charge is 0.422 e. The first-order valence-corrected chi connectivity index (χ1v) is 7.36. The molecule has 132 valence electrons. The average Bonchev–Trinajstić information content (AvgIpc) is 3.02. The molecule has 0 aliphatic rings. The third kappa shape index (κ3) is 3.69. The van der Waals surface area contributed by atoms with Crippen LogP contribution >= 0.6 is 0 Å². The second-order valence-electron chi connectivity index (χ2n) is 5.36. The van der Waals surface area contributed by atoms with E-state index in [-0.39, 0.29) is 11.5 Å². The zero-order chi connectivity index (χ0) is 18.0. The van der Waals surface area contributed by atoms with Crippen molar-refractivity contribution in [3.63, 3.8) is 0 Å². The molecular weight excluding hydrogens is 337 g/mol. The van der Waals surface area contributed by atoms with Crippen molar-refractivity contribution in [3.05, 3.63) is 53.9 Å². The maximum Gasteiger partial charge on any atom is 0.422 e. The molecule has 0 aliphatic carbocycles. The average molecular weight is 352 g/mol. The number of alkyl halides is 3. The first-order chi connectivity index (χ1) is 11.9. The first-order valence-electron chi connectivity index (χ1n) is 7.36. The number of hydrogen-bond donors (Lipinski definition) is 2. The van der Waals surface area contributed by atoms with Crippen molar-refractivity contribution in [2.24, 2.45) is 0 Å². The standard InChI is InChI=1S/C17H15F3N2O3/c1-24-13-5-4-10(7-14(13)25-9-17(18,19)20)15(23)12-8-22-16-11(12)3-2-6-21-16/h2-8,15,23H,9H2,1H3,(H,21,22). The van der Waals surface area contributed by atoms with Gasteiger partial charge in [-0.3, -0.25) is 0 Å². The monoisotopic (exact) mass is 352 g/mol. The molecule has 3 aromatic rings. The van der Waals surface area contributed by atoms with Gasteiger partial charge in [0, 0.05) is 23.3 Å². The van der Waals surface area contributed by atoms with Crippen molar-refractivity contribution in [1.82, 2.24) is 9.97 Å². The van der Waals surface area contributed by atoms with Gasteiger partial charge in [0.2, 0.25) is 0 Å². The molecule has 2 N–H and O–H groups in total. The summed E-state index contributed by atoms with van der Waals surface area (Å²) in [5.41, 5.74) is 1.55. The van der Waals surface area contributed by atoms with Crippen LogP contribution in [-0.4, -0.2) is 35.0 Å². The van der Waals surface area contributed by atoms with Crippen molar-refractivity contribution in [1.29, 1.82) is 0 Å². The van der Waals surface area contributed by atoms with Gasteiger partial charge >= 0.3 is 6.18 Å². The maximum absolute atomic E-state index is 12.4. The zero-order valence-corrected chi connectivity index (χ0v) is 13.2. The van der Waals surface area contributed by atoms with E-state index < -0.39 is 18.9 Å².